The van der Waals surface area contributed by atoms with Crippen molar-refractivity contribution >= 4 is 54.2 Å². The van der Waals surface area contributed by atoms with E-state index < -0.39 is 60.2 Å². The molecular weight excluding hydrogens is 566 g/mol. The molecule has 1 amide bonds. The number of aliphatic hydroxyl groups is 1. The Kier molecular flexibility index (Phi) is 24.4. The topological polar surface area (TPSA) is 337 Å². The summed E-state index contributed by atoms with van der Waals surface area (Å²) in [7, 11) is 0. The number of hydrogen-bond acceptors (Lipinski definition) is 11. The Morgan fingerprint density at radius 1 is 0.805 bits per heavy atom. The number of carbonyl (C=O) groups is 9. The molecule has 41 heavy (non-hydrogen) atoms. The summed E-state index contributed by atoms with van der Waals surface area (Å²) in [5.41, 5.74) is -2.75. The Hall–Kier alpha value is -5.59. The maximum atomic E-state index is 10.6. The number of carboxylic acid groups (broad SMARTS) is 7. The molecule has 0 atom stereocenters. The van der Waals surface area contributed by atoms with Crippen molar-refractivity contribution in [3.05, 3.63) is 29.8 Å². The van der Waals surface area contributed by atoms with Gasteiger partial charge in [-0.2, -0.15) is 0 Å². The zero-order valence-electron chi connectivity index (χ0n) is 21.7. The van der Waals surface area contributed by atoms with Crippen LogP contribution in [0.4, 0.5) is 0 Å². The Balaban J connectivity index is -0.000000229. The van der Waals surface area contributed by atoms with Gasteiger partial charge in [-0.1, -0.05) is 12.1 Å². The van der Waals surface area contributed by atoms with Gasteiger partial charge in [0.05, 0.1) is 12.8 Å². The zero-order chi connectivity index (χ0) is 33.3. The first-order chi connectivity index (χ1) is 18.7. The Labute approximate surface area is 230 Å². The van der Waals surface area contributed by atoms with Gasteiger partial charge < -0.3 is 50.9 Å². The highest BCUT2D eigenvalue weighted by molar-refractivity contribution is 5.91. The average Bonchev–Trinajstić information content (AvgIpc) is 2.77. The largest absolute Gasteiger partial charge is 0.483 e. The molecule has 1 aromatic carbocycles. The molecule has 0 radical (unpaired) electrons. The van der Waals surface area contributed by atoms with Crippen LogP contribution < -0.4 is 10.1 Å². The van der Waals surface area contributed by atoms with E-state index in [0.29, 0.717) is 0 Å². The van der Waals surface area contributed by atoms with Crippen molar-refractivity contribution in [2.24, 2.45) is 0 Å². The summed E-state index contributed by atoms with van der Waals surface area (Å²) < 4.78 is 4.69. The molecule has 0 bridgehead atoms. The number of aliphatic carboxylic acids is 5. The maximum absolute atomic E-state index is 10.6. The number of rotatable bonds is 9. The van der Waals surface area contributed by atoms with Crippen molar-refractivity contribution in [3.63, 3.8) is 0 Å². The number of nitrogens with one attached hydrogen (secondary N) is 1. The van der Waals surface area contributed by atoms with Crippen LogP contribution >= 0.6 is 0 Å². The zero-order valence-corrected chi connectivity index (χ0v) is 21.7. The molecule has 1 rings (SSSR count). The highest BCUT2D eigenvalue weighted by Crippen LogP contribution is 2.17. The fourth-order valence-electron chi connectivity index (χ4n) is 1.80. The standard InChI is InChI=1S/C9H8O4.C6H8O7.C4H7NO3.C2H4O2.CH2O2/c1-6(10)13-8-5-3-2-4-7(8)9(11)12;7-3(8)1-6(13,5(11)12)2-4(9)10;1-3(6)5-2-4(7)8;1-2(3)4;2-1-3/h2-5H,1H3,(H,11,12);13H,1-2H2,(H,7,8)(H,9,10)(H,11,12);2H2,1H3,(H,5,6)(H,7,8);1H3,(H,3,4);1H,(H,2,3). The molecule has 0 unspecified atom stereocenters. The van der Waals surface area contributed by atoms with Gasteiger partial charge in [-0.15, -0.1) is 0 Å². The number of esters is 1. The molecule has 0 spiro atoms. The molecule has 0 aromatic heterocycles. The molecule has 9 N–H and O–H groups in total. The number of carboxylic acids is 6. The Morgan fingerprint density at radius 3 is 1.44 bits per heavy atom. The monoisotopic (exact) mass is 595 g/mol. The smallest absolute Gasteiger partial charge is 0.339 e. The van der Waals surface area contributed by atoms with Gasteiger partial charge in [0.25, 0.3) is 12.4 Å². The molecule has 0 aliphatic rings. The van der Waals surface area contributed by atoms with E-state index in [1.807, 2.05) is 0 Å². The molecule has 19 heteroatoms. The number of aromatic carboxylic acids is 1. The molecular formula is C22H29NO18. The number of para-hydroxylation sites is 1. The first-order valence-electron chi connectivity index (χ1n) is 10.3. The molecule has 0 heterocycles. The summed E-state index contributed by atoms with van der Waals surface area (Å²) in [5, 5.41) is 66.9. The third-order valence-corrected chi connectivity index (χ3v) is 3.15. The molecule has 19 nitrogen and oxygen atoms in total. The number of ether oxygens (including phenoxy) is 1. The Bertz CT molecular complexity index is 1030. The second-order valence-corrected chi connectivity index (χ2v) is 6.80. The third-order valence-electron chi connectivity index (χ3n) is 3.15. The molecule has 0 aliphatic carbocycles. The fourth-order valence-corrected chi connectivity index (χ4v) is 1.80. The summed E-state index contributed by atoms with van der Waals surface area (Å²) in [5.74, 6) is -8.78. The van der Waals surface area contributed by atoms with E-state index in [4.69, 9.17) is 50.4 Å². The SMILES string of the molecule is CC(=O)NCC(=O)O.CC(=O)O.CC(=O)Oc1ccccc1C(=O)O.O=C(O)CC(O)(CC(=O)O)C(=O)O.O=CO. The minimum Gasteiger partial charge on any atom is -0.483 e. The predicted octanol–water partition coefficient (Wildman–Crippen LogP) is -0.940. The van der Waals surface area contributed by atoms with Crippen molar-refractivity contribution in [1.29, 1.82) is 0 Å². The van der Waals surface area contributed by atoms with Gasteiger partial charge in [-0.05, 0) is 12.1 Å². The van der Waals surface area contributed by atoms with Crippen LogP contribution in [0, 0.1) is 0 Å². The van der Waals surface area contributed by atoms with Crippen LogP contribution in [0.5, 0.6) is 5.75 Å². The van der Waals surface area contributed by atoms with Crippen molar-refractivity contribution in [2.75, 3.05) is 6.54 Å². The van der Waals surface area contributed by atoms with Gasteiger partial charge in [-0.25, -0.2) is 9.59 Å². The lowest BCUT2D eigenvalue weighted by atomic mass is 9.96. The average molecular weight is 595 g/mol. The first kappa shape index (κ1) is 42.5. The summed E-state index contributed by atoms with van der Waals surface area (Å²) in [6, 6.07) is 5.98. The van der Waals surface area contributed by atoms with Crippen LogP contribution in [0.15, 0.2) is 24.3 Å². The molecule has 0 fully saturated rings. The van der Waals surface area contributed by atoms with Crippen LogP contribution in [0.25, 0.3) is 0 Å². The number of hydrogen-bond donors (Lipinski definition) is 9. The summed E-state index contributed by atoms with van der Waals surface area (Å²) in [6.45, 7) is 3.02. The minimum absolute atomic E-state index is 0.0160. The molecule has 230 valence electrons. The predicted molar refractivity (Wildman–Crippen MR) is 130 cm³/mol. The van der Waals surface area contributed by atoms with Gasteiger partial charge in [0.15, 0.2) is 5.60 Å². The second-order valence-electron chi connectivity index (χ2n) is 6.80. The van der Waals surface area contributed by atoms with Gasteiger partial charge in [0.2, 0.25) is 5.91 Å². The number of amides is 1. The highest BCUT2D eigenvalue weighted by atomic mass is 16.5. The van der Waals surface area contributed by atoms with Gasteiger partial charge in [0, 0.05) is 20.8 Å². The summed E-state index contributed by atoms with van der Waals surface area (Å²) in [4.78, 5) is 88.7. The van der Waals surface area contributed by atoms with Crippen molar-refractivity contribution in [2.45, 2.75) is 39.2 Å². The lowest BCUT2D eigenvalue weighted by Gasteiger charge is -2.18. The van der Waals surface area contributed by atoms with Crippen molar-refractivity contribution in [3.8, 4) is 5.75 Å². The van der Waals surface area contributed by atoms with Crippen LogP contribution in [0.1, 0.15) is 44.0 Å². The van der Waals surface area contributed by atoms with Crippen molar-refractivity contribution in [1.82, 2.24) is 5.32 Å². The fraction of sp³-hybridized carbons (Fsp3) is 0.318. The summed E-state index contributed by atoms with van der Waals surface area (Å²) >= 11 is 0. The normalized spacial score (nSPS) is 8.88. The lowest BCUT2D eigenvalue weighted by molar-refractivity contribution is -0.170. The van der Waals surface area contributed by atoms with Crippen LogP contribution in [0.3, 0.4) is 0 Å². The first-order valence-corrected chi connectivity index (χ1v) is 10.3. The van der Waals surface area contributed by atoms with E-state index in [1.54, 1.807) is 12.1 Å². The van der Waals surface area contributed by atoms with Gasteiger partial charge in [-0.3, -0.25) is 33.6 Å². The maximum Gasteiger partial charge on any atom is 0.339 e. The number of benzene rings is 1. The van der Waals surface area contributed by atoms with Crippen LogP contribution in [-0.2, 0) is 38.4 Å². The van der Waals surface area contributed by atoms with E-state index >= 15 is 0 Å². The quantitative estimate of drug-likeness (QED) is 0.0944. The highest BCUT2D eigenvalue weighted by Gasteiger charge is 2.40. The lowest BCUT2D eigenvalue weighted by Crippen LogP contribution is -2.42. The molecule has 0 saturated carbocycles. The second kappa shape index (κ2) is 23.5. The van der Waals surface area contributed by atoms with E-state index in [9.17, 15) is 33.6 Å². The molecule has 0 aliphatic heterocycles. The van der Waals surface area contributed by atoms with Crippen LogP contribution in [-0.4, -0.2) is 107 Å². The van der Waals surface area contributed by atoms with E-state index in [1.165, 1.54) is 26.0 Å². The van der Waals surface area contributed by atoms with E-state index in [0.717, 1.165) is 6.92 Å². The van der Waals surface area contributed by atoms with Gasteiger partial charge >= 0.3 is 35.8 Å². The van der Waals surface area contributed by atoms with Gasteiger partial charge in [0.1, 0.15) is 17.9 Å². The number of carbonyl (C=O) groups excluding carboxylic acids is 2. The Morgan fingerprint density at radius 2 is 1.20 bits per heavy atom. The summed E-state index contributed by atoms with van der Waals surface area (Å²) in [6.07, 6.45) is -2.29. The molecule has 1 aromatic rings. The third kappa shape index (κ3) is 30.5. The minimum atomic E-state index is -2.74. The van der Waals surface area contributed by atoms with E-state index in [-0.39, 0.29) is 30.2 Å². The van der Waals surface area contributed by atoms with E-state index in [2.05, 4.69) is 10.1 Å². The van der Waals surface area contributed by atoms with Crippen molar-refractivity contribution < 1.29 is 88.7 Å². The molecule has 0 saturated heterocycles. The van der Waals surface area contributed by atoms with Crippen LogP contribution in [0.2, 0.25) is 0 Å².